The van der Waals surface area contributed by atoms with Crippen molar-refractivity contribution >= 4 is 61.1 Å². The van der Waals surface area contributed by atoms with Crippen molar-refractivity contribution in [3.63, 3.8) is 0 Å². The highest BCUT2D eigenvalue weighted by Crippen LogP contribution is 2.34. The molecule has 18 heteroatoms. The number of hydrogen-bond acceptors (Lipinski definition) is 13. The summed E-state index contributed by atoms with van der Waals surface area (Å²) in [5.74, 6) is 2.93. The van der Waals surface area contributed by atoms with Crippen LogP contribution in [0.3, 0.4) is 0 Å². The quantitative estimate of drug-likeness (QED) is 0.0543. The summed E-state index contributed by atoms with van der Waals surface area (Å²) in [5, 5.41) is 13.3. The number of ketones is 2. The first-order valence-electron chi connectivity index (χ1n) is 24.9. The summed E-state index contributed by atoms with van der Waals surface area (Å²) < 4.78 is 35.9. The topological polar surface area (TPSA) is 212 Å². The van der Waals surface area contributed by atoms with Gasteiger partial charge in [-0.15, -0.1) is 0 Å². The predicted octanol–water partition coefficient (Wildman–Crippen LogP) is 8.69. The van der Waals surface area contributed by atoms with Crippen LogP contribution >= 0.6 is 15.9 Å². The number of nitrogens with two attached hydrogens (primary N) is 2. The molecule has 0 spiro atoms. The van der Waals surface area contributed by atoms with Crippen molar-refractivity contribution in [1.29, 1.82) is 0 Å². The van der Waals surface area contributed by atoms with Crippen molar-refractivity contribution in [2.75, 3.05) is 87.3 Å². The molecule has 0 radical (unpaired) electrons. The maximum absolute atomic E-state index is 12.9. The zero-order valence-corrected chi connectivity index (χ0v) is 45.4. The van der Waals surface area contributed by atoms with E-state index in [0.29, 0.717) is 81.9 Å². The van der Waals surface area contributed by atoms with Gasteiger partial charge in [0.2, 0.25) is 11.8 Å². The number of alkyl halides is 1. The number of halogens is 1. The summed E-state index contributed by atoms with van der Waals surface area (Å²) in [7, 11) is 9.46. The van der Waals surface area contributed by atoms with Gasteiger partial charge in [-0.3, -0.25) is 24.1 Å². The fourth-order valence-electron chi connectivity index (χ4n) is 9.84. The van der Waals surface area contributed by atoms with E-state index in [1.807, 2.05) is 42.5 Å². The maximum atomic E-state index is 12.9. The average molecular weight is 1100 g/mol. The second kappa shape index (κ2) is 26.4. The number of piperidine rings is 2. The highest BCUT2D eigenvalue weighted by molar-refractivity contribution is 9.09. The number of likely N-dealkylation sites (tertiary alicyclic amines) is 2. The van der Waals surface area contributed by atoms with Crippen molar-refractivity contribution in [3.05, 3.63) is 143 Å². The normalized spacial score (nSPS) is 14.6. The van der Waals surface area contributed by atoms with Crippen molar-refractivity contribution in [2.45, 2.75) is 43.9 Å². The van der Waals surface area contributed by atoms with E-state index >= 15 is 0 Å². The van der Waals surface area contributed by atoms with E-state index in [2.05, 4.69) is 59.4 Å². The van der Waals surface area contributed by atoms with Crippen LogP contribution < -0.4 is 39.9 Å². The number of Topliss-reactive ketones (excluding diaryl/α,β-unsaturated/α-hetero) is 2. The molecule has 0 saturated carbocycles. The first kappa shape index (κ1) is 56.3. The van der Waals surface area contributed by atoms with Gasteiger partial charge in [0.1, 0.15) is 34.5 Å². The SMILES string of the molecule is COc1ccc(OC)c(C(=O)CBr)c1.COc1ccc(OC)c(C(=O)CN2CCC(n3ccc4ccc(C(N)=O)cc43)CC2)c1.COc1ccc(OC)c(C(O)CN2CCC(n3ccc4ccc(C(N)=O)cc43)CC2)c1. The van der Waals surface area contributed by atoms with Crippen molar-refractivity contribution in [2.24, 2.45) is 11.5 Å². The first-order chi connectivity index (χ1) is 36.7. The van der Waals surface area contributed by atoms with Gasteiger partial charge in [-0.2, -0.15) is 0 Å². The number of primary amides is 2. The number of aliphatic hydroxyl groups is 1. The highest BCUT2D eigenvalue weighted by Gasteiger charge is 2.27. The second-order valence-corrected chi connectivity index (χ2v) is 19.1. The summed E-state index contributed by atoms with van der Waals surface area (Å²) in [6.45, 7) is 4.27. The van der Waals surface area contributed by atoms with Gasteiger partial charge in [-0.25, -0.2) is 0 Å². The summed E-state index contributed by atoms with van der Waals surface area (Å²) in [6, 6.07) is 31.8. The van der Waals surface area contributed by atoms with Gasteiger partial charge in [-0.1, -0.05) is 28.1 Å². The molecule has 76 heavy (non-hydrogen) atoms. The lowest BCUT2D eigenvalue weighted by Crippen LogP contribution is -2.38. The number of methoxy groups -OCH3 is 6. The number of rotatable bonds is 18. The van der Waals surface area contributed by atoms with E-state index in [-0.39, 0.29) is 16.9 Å². The van der Waals surface area contributed by atoms with Gasteiger partial charge in [0.15, 0.2) is 11.6 Å². The molecule has 9 rings (SSSR count). The number of fused-ring (bicyclic) bond motifs is 2. The summed E-state index contributed by atoms with van der Waals surface area (Å²) in [5.41, 5.74) is 15.8. The third-order valence-corrected chi connectivity index (χ3v) is 14.6. The average Bonchev–Trinajstić information content (AvgIpc) is 4.11. The van der Waals surface area contributed by atoms with Gasteiger partial charge in [0.05, 0.1) is 71.8 Å². The van der Waals surface area contributed by atoms with E-state index < -0.39 is 17.9 Å². The first-order valence-corrected chi connectivity index (χ1v) is 26.1. The standard InChI is InChI=1S/C24H29N3O4.C24H27N3O4.C10H11BrO3/c2*1-30-19-5-6-23(31-2)20(14-19)22(28)15-26-10-8-18(9-11-26)27-12-7-16-3-4-17(24(25)29)13-21(16)27;1-13-7-3-4-10(14-2)8(5-7)9(12)6-11/h3-7,12-14,18,22,28H,8-11,15H2,1-2H3,(H2,25,29);3-7,12-14,18H,8-11,15H2,1-2H3,(H2,25,29);3-5H,6H2,1-2H3. The van der Waals surface area contributed by atoms with Gasteiger partial charge < -0.3 is 59.0 Å². The van der Waals surface area contributed by atoms with Gasteiger partial charge in [0.25, 0.3) is 0 Å². The summed E-state index contributed by atoms with van der Waals surface area (Å²) in [4.78, 5) is 52.0. The second-order valence-electron chi connectivity index (χ2n) is 18.5. The number of carbonyl (C=O) groups is 4. The number of aliphatic hydroxyl groups excluding tert-OH is 1. The lowest BCUT2D eigenvalue weighted by atomic mass is 10.0. The Balaban J connectivity index is 0.000000178. The molecule has 2 aliphatic heterocycles. The lowest BCUT2D eigenvalue weighted by Gasteiger charge is -2.34. The Morgan fingerprint density at radius 1 is 0.539 bits per heavy atom. The number of nitrogens with zero attached hydrogens (tertiary/aromatic N) is 4. The van der Waals surface area contributed by atoms with E-state index in [9.17, 15) is 24.3 Å². The number of amides is 2. The van der Waals surface area contributed by atoms with E-state index in [1.165, 1.54) is 7.11 Å². The molecule has 4 heterocycles. The Bertz CT molecular complexity index is 3140. The van der Waals surface area contributed by atoms with Crippen LogP contribution in [0.25, 0.3) is 21.8 Å². The van der Waals surface area contributed by atoms with Crippen molar-refractivity contribution in [1.82, 2.24) is 18.9 Å². The van der Waals surface area contributed by atoms with Crippen molar-refractivity contribution < 1.29 is 52.7 Å². The molecule has 1 unspecified atom stereocenters. The van der Waals surface area contributed by atoms with E-state index in [4.69, 9.17) is 39.9 Å². The Kier molecular flexibility index (Phi) is 19.6. The largest absolute Gasteiger partial charge is 0.497 e. The van der Waals surface area contributed by atoms with Crippen LogP contribution in [0.2, 0.25) is 0 Å². The van der Waals surface area contributed by atoms with E-state index in [1.54, 1.807) is 84.1 Å². The van der Waals surface area contributed by atoms with Crippen LogP contribution in [0.15, 0.2) is 116 Å². The zero-order valence-electron chi connectivity index (χ0n) is 43.8. The van der Waals surface area contributed by atoms with Gasteiger partial charge in [-0.05, 0) is 127 Å². The van der Waals surface area contributed by atoms with Crippen LogP contribution in [0.4, 0.5) is 0 Å². The Morgan fingerprint density at radius 3 is 1.38 bits per heavy atom. The van der Waals surface area contributed by atoms with Crippen LogP contribution in [0.1, 0.15) is 90.9 Å². The number of β-amino-alcohol motifs (C(OH)–C–C–N with tert-alkyl or cyclic N) is 1. The molecule has 2 aliphatic rings. The maximum Gasteiger partial charge on any atom is 0.248 e. The van der Waals surface area contributed by atoms with Gasteiger partial charge in [0, 0.05) is 84.9 Å². The van der Waals surface area contributed by atoms with Crippen LogP contribution in [0.5, 0.6) is 34.5 Å². The molecule has 2 saturated heterocycles. The summed E-state index contributed by atoms with van der Waals surface area (Å²) >= 11 is 3.12. The molecular weight excluding hydrogens is 1040 g/mol. The lowest BCUT2D eigenvalue weighted by molar-refractivity contribution is 0.0890. The smallest absolute Gasteiger partial charge is 0.248 e. The van der Waals surface area contributed by atoms with Crippen LogP contribution in [-0.2, 0) is 0 Å². The highest BCUT2D eigenvalue weighted by atomic mass is 79.9. The third-order valence-electron chi connectivity index (χ3n) is 14.0. The molecular formula is C58H67BrN6O11. The molecule has 7 aromatic rings. The number of ether oxygens (including phenoxy) is 6. The van der Waals surface area contributed by atoms with Gasteiger partial charge >= 0.3 is 0 Å². The van der Waals surface area contributed by atoms with Crippen molar-refractivity contribution in [3.8, 4) is 34.5 Å². The predicted molar refractivity (Wildman–Crippen MR) is 296 cm³/mol. The molecule has 0 aliphatic carbocycles. The zero-order chi connectivity index (χ0) is 54.5. The van der Waals surface area contributed by atoms with Crippen LogP contribution in [-0.4, -0.2) is 135 Å². The molecule has 402 valence electrons. The minimum absolute atomic E-state index is 0.0201. The number of aromatic nitrogens is 2. The number of carbonyl (C=O) groups excluding carboxylic acids is 4. The minimum atomic E-state index is -0.660. The van der Waals surface area contributed by atoms with Crippen LogP contribution in [0, 0.1) is 0 Å². The molecule has 0 bridgehead atoms. The number of benzene rings is 5. The fraction of sp³-hybridized carbons (Fsp3) is 0.345. The molecule has 17 nitrogen and oxygen atoms in total. The fourth-order valence-corrected chi connectivity index (χ4v) is 10.1. The molecule has 2 amide bonds. The Labute approximate surface area is 451 Å². The van der Waals surface area contributed by atoms with E-state index in [0.717, 1.165) is 79.2 Å². The Morgan fingerprint density at radius 2 is 0.961 bits per heavy atom. The molecule has 2 fully saturated rings. The minimum Gasteiger partial charge on any atom is -0.497 e. The molecule has 2 aromatic heterocycles. The number of hydrogen-bond donors (Lipinski definition) is 3. The molecule has 1 atom stereocenters. The Hall–Kier alpha value is -7.38. The third kappa shape index (κ3) is 13.5. The molecule has 5 aromatic carbocycles. The monoisotopic (exact) mass is 1100 g/mol. The summed E-state index contributed by atoms with van der Waals surface area (Å²) in [6.07, 6.45) is 7.28. The molecule has 5 N–H and O–H groups in total.